The van der Waals surface area contributed by atoms with Crippen molar-refractivity contribution in [3.05, 3.63) is 40.4 Å². The molecule has 0 unspecified atom stereocenters. The van der Waals surface area contributed by atoms with Crippen LogP contribution in [0.25, 0.3) is 0 Å². The number of nitrogens with zero attached hydrogens (tertiary/aromatic N) is 1. The van der Waals surface area contributed by atoms with Crippen LogP contribution >= 0.6 is 11.3 Å². The first-order chi connectivity index (χ1) is 9.10. The Bertz CT molecular complexity index is 592. The molecule has 2 rings (SSSR count). The Morgan fingerprint density at radius 1 is 1.47 bits per heavy atom. The molecule has 1 aromatic heterocycles. The fourth-order valence-corrected chi connectivity index (χ4v) is 2.52. The number of anilines is 2. The summed E-state index contributed by atoms with van der Waals surface area (Å²) in [6.07, 6.45) is 1.14. The van der Waals surface area contributed by atoms with Crippen molar-refractivity contribution >= 4 is 28.1 Å². The molecule has 0 atom stereocenters. The third-order valence-electron chi connectivity index (χ3n) is 2.92. The second-order valence-corrected chi connectivity index (χ2v) is 5.25. The van der Waals surface area contributed by atoms with Crippen molar-refractivity contribution in [1.82, 2.24) is 4.98 Å². The molecule has 2 aromatic rings. The molecule has 0 saturated carbocycles. The number of hydrogen-bond donors (Lipinski definition) is 2. The Morgan fingerprint density at radius 2 is 2.26 bits per heavy atom. The van der Waals surface area contributed by atoms with Crippen LogP contribution in [0.5, 0.6) is 0 Å². The molecule has 0 aliphatic rings. The summed E-state index contributed by atoms with van der Waals surface area (Å²) < 4.78 is 0. The van der Waals surface area contributed by atoms with E-state index < -0.39 is 0 Å². The predicted octanol–water partition coefficient (Wildman–Crippen LogP) is 2.78. The van der Waals surface area contributed by atoms with Crippen molar-refractivity contribution in [2.75, 3.05) is 11.1 Å². The normalized spacial score (nSPS) is 10.4. The number of benzene rings is 1. The van der Waals surface area contributed by atoms with Crippen LogP contribution in [0.4, 0.5) is 10.8 Å². The molecule has 1 aromatic carbocycles. The van der Waals surface area contributed by atoms with Gasteiger partial charge in [0, 0.05) is 11.1 Å². The maximum Gasteiger partial charge on any atom is 0.230 e. The van der Waals surface area contributed by atoms with Crippen molar-refractivity contribution in [2.45, 2.75) is 26.7 Å². The molecule has 0 fully saturated rings. The lowest BCUT2D eigenvalue weighted by molar-refractivity contribution is -0.115. The monoisotopic (exact) mass is 275 g/mol. The number of thiazole rings is 1. The van der Waals surface area contributed by atoms with Gasteiger partial charge < -0.3 is 11.1 Å². The number of aromatic nitrogens is 1. The zero-order valence-corrected chi connectivity index (χ0v) is 11.9. The van der Waals surface area contributed by atoms with E-state index in [0.29, 0.717) is 10.8 Å². The quantitative estimate of drug-likeness (QED) is 0.901. The number of para-hydroxylation sites is 1. The van der Waals surface area contributed by atoms with Gasteiger partial charge in [-0.05, 0) is 24.5 Å². The number of nitrogen functional groups attached to an aromatic ring is 1. The van der Waals surface area contributed by atoms with Crippen molar-refractivity contribution < 1.29 is 4.79 Å². The van der Waals surface area contributed by atoms with E-state index in [-0.39, 0.29) is 12.3 Å². The zero-order valence-electron chi connectivity index (χ0n) is 11.1. The molecule has 100 valence electrons. The van der Waals surface area contributed by atoms with Crippen LogP contribution in [0.15, 0.2) is 23.6 Å². The van der Waals surface area contributed by atoms with E-state index in [0.717, 1.165) is 23.2 Å². The largest absolute Gasteiger partial charge is 0.375 e. The summed E-state index contributed by atoms with van der Waals surface area (Å²) in [5.41, 5.74) is 9.40. The predicted molar refractivity (Wildman–Crippen MR) is 79.4 cm³/mol. The lowest BCUT2D eigenvalue weighted by Gasteiger charge is -2.12. The molecule has 4 nitrogen and oxygen atoms in total. The number of aryl methyl sites for hydroxylation is 2. The number of nitrogens with one attached hydrogen (secondary N) is 1. The minimum atomic E-state index is -0.0608. The van der Waals surface area contributed by atoms with E-state index in [1.54, 1.807) is 0 Å². The fourth-order valence-electron chi connectivity index (χ4n) is 1.95. The van der Waals surface area contributed by atoms with Crippen LogP contribution in [0.3, 0.4) is 0 Å². The molecule has 0 bridgehead atoms. The Kier molecular flexibility index (Phi) is 4.16. The molecule has 0 radical (unpaired) electrons. The van der Waals surface area contributed by atoms with E-state index in [1.165, 1.54) is 11.3 Å². The van der Waals surface area contributed by atoms with Crippen molar-refractivity contribution in [2.24, 2.45) is 0 Å². The SMILES string of the molecule is CCc1cccc(C)c1NC(=O)Cc1csc(N)n1. The Balaban J connectivity index is 2.11. The highest BCUT2D eigenvalue weighted by molar-refractivity contribution is 7.13. The lowest BCUT2D eigenvalue weighted by atomic mass is 10.1. The molecule has 0 spiro atoms. The smallest absolute Gasteiger partial charge is 0.230 e. The summed E-state index contributed by atoms with van der Waals surface area (Å²) >= 11 is 1.35. The number of nitrogens with two attached hydrogens (primary N) is 1. The maximum absolute atomic E-state index is 12.0. The third kappa shape index (κ3) is 3.32. The molecule has 5 heteroatoms. The minimum Gasteiger partial charge on any atom is -0.375 e. The lowest BCUT2D eigenvalue weighted by Crippen LogP contribution is -2.16. The molecule has 19 heavy (non-hydrogen) atoms. The van der Waals surface area contributed by atoms with E-state index in [2.05, 4.69) is 17.2 Å². The standard InChI is InChI=1S/C14H17N3OS/c1-3-10-6-4-5-9(2)13(10)17-12(18)7-11-8-19-14(15)16-11/h4-6,8H,3,7H2,1-2H3,(H2,15,16)(H,17,18). The van der Waals surface area contributed by atoms with Gasteiger partial charge in [-0.3, -0.25) is 4.79 Å². The van der Waals surface area contributed by atoms with Crippen LogP contribution < -0.4 is 11.1 Å². The summed E-state index contributed by atoms with van der Waals surface area (Å²) in [6, 6.07) is 6.03. The topological polar surface area (TPSA) is 68.0 Å². The molecule has 1 heterocycles. The first-order valence-electron chi connectivity index (χ1n) is 6.18. The van der Waals surface area contributed by atoms with Gasteiger partial charge in [0.25, 0.3) is 0 Å². The van der Waals surface area contributed by atoms with E-state index in [9.17, 15) is 4.79 Å². The highest BCUT2D eigenvalue weighted by Gasteiger charge is 2.10. The first-order valence-corrected chi connectivity index (χ1v) is 7.06. The van der Waals surface area contributed by atoms with Gasteiger partial charge in [0.2, 0.25) is 5.91 Å². The molecule has 3 N–H and O–H groups in total. The molecular formula is C14H17N3OS. The highest BCUT2D eigenvalue weighted by atomic mass is 32.1. The summed E-state index contributed by atoms with van der Waals surface area (Å²) in [5.74, 6) is -0.0608. The van der Waals surface area contributed by atoms with Gasteiger partial charge in [-0.25, -0.2) is 4.98 Å². The van der Waals surface area contributed by atoms with Gasteiger partial charge in [0.05, 0.1) is 12.1 Å². The number of hydrogen-bond acceptors (Lipinski definition) is 4. The third-order valence-corrected chi connectivity index (χ3v) is 3.64. The molecule has 0 aliphatic heterocycles. The number of rotatable bonds is 4. The second kappa shape index (κ2) is 5.84. The van der Waals surface area contributed by atoms with Gasteiger partial charge in [-0.2, -0.15) is 0 Å². The van der Waals surface area contributed by atoms with Crippen molar-refractivity contribution in [3.63, 3.8) is 0 Å². The molecule has 0 aliphatic carbocycles. The maximum atomic E-state index is 12.0. The van der Waals surface area contributed by atoms with Crippen LogP contribution in [-0.2, 0) is 17.6 Å². The van der Waals surface area contributed by atoms with Gasteiger partial charge in [-0.1, -0.05) is 25.1 Å². The van der Waals surface area contributed by atoms with Gasteiger partial charge >= 0.3 is 0 Å². The minimum absolute atomic E-state index is 0.0608. The molecule has 0 saturated heterocycles. The Hall–Kier alpha value is -1.88. The summed E-state index contributed by atoms with van der Waals surface area (Å²) in [5, 5.41) is 5.28. The van der Waals surface area contributed by atoms with Crippen LogP contribution in [0.1, 0.15) is 23.7 Å². The Labute approximate surface area is 116 Å². The van der Waals surface area contributed by atoms with E-state index in [1.807, 2.05) is 30.5 Å². The summed E-state index contributed by atoms with van der Waals surface area (Å²) in [4.78, 5) is 16.1. The van der Waals surface area contributed by atoms with Gasteiger partial charge in [0.15, 0.2) is 5.13 Å². The van der Waals surface area contributed by atoms with Gasteiger partial charge in [-0.15, -0.1) is 11.3 Å². The van der Waals surface area contributed by atoms with E-state index in [4.69, 9.17) is 5.73 Å². The van der Waals surface area contributed by atoms with Crippen molar-refractivity contribution in [3.8, 4) is 0 Å². The number of amides is 1. The summed E-state index contributed by atoms with van der Waals surface area (Å²) in [7, 11) is 0. The average Bonchev–Trinajstić information content (AvgIpc) is 2.77. The molecule has 1 amide bonds. The number of carbonyl (C=O) groups excluding carboxylic acids is 1. The van der Waals surface area contributed by atoms with Crippen LogP contribution in [0, 0.1) is 6.92 Å². The zero-order chi connectivity index (χ0) is 13.8. The highest BCUT2D eigenvalue weighted by Crippen LogP contribution is 2.21. The Morgan fingerprint density at radius 3 is 2.89 bits per heavy atom. The van der Waals surface area contributed by atoms with Gasteiger partial charge in [0.1, 0.15) is 0 Å². The second-order valence-electron chi connectivity index (χ2n) is 4.36. The van der Waals surface area contributed by atoms with Crippen LogP contribution in [0.2, 0.25) is 0 Å². The van der Waals surface area contributed by atoms with Crippen LogP contribution in [-0.4, -0.2) is 10.9 Å². The number of carbonyl (C=O) groups is 1. The molecular weight excluding hydrogens is 258 g/mol. The van der Waals surface area contributed by atoms with Crippen molar-refractivity contribution in [1.29, 1.82) is 0 Å². The first kappa shape index (κ1) is 13.5. The fraction of sp³-hybridized carbons (Fsp3) is 0.286. The van der Waals surface area contributed by atoms with E-state index >= 15 is 0 Å². The summed E-state index contributed by atoms with van der Waals surface area (Å²) in [6.45, 7) is 4.07. The average molecular weight is 275 g/mol.